The van der Waals surface area contributed by atoms with Gasteiger partial charge in [0.2, 0.25) is 5.91 Å². The van der Waals surface area contributed by atoms with E-state index in [2.05, 4.69) is 4.72 Å². The Labute approximate surface area is 156 Å². The Hall–Kier alpha value is -1.96. The van der Waals surface area contributed by atoms with E-state index in [9.17, 15) is 13.2 Å². The zero-order chi connectivity index (χ0) is 18.3. The Balaban J connectivity index is 2.09. The Bertz CT molecular complexity index is 866. The predicted octanol–water partition coefficient (Wildman–Crippen LogP) is 3.72. The van der Waals surface area contributed by atoms with Gasteiger partial charge >= 0.3 is 0 Å². The highest BCUT2D eigenvalue weighted by molar-refractivity contribution is 7.99. The van der Waals surface area contributed by atoms with Crippen LogP contribution >= 0.6 is 23.4 Å². The van der Waals surface area contributed by atoms with Gasteiger partial charge in [0.25, 0.3) is 10.0 Å². The van der Waals surface area contributed by atoms with Crippen LogP contribution in [0.15, 0.2) is 58.8 Å². The van der Waals surface area contributed by atoms with Gasteiger partial charge in [-0.3, -0.25) is 9.52 Å². The Morgan fingerprint density at radius 1 is 1.16 bits per heavy atom. The van der Waals surface area contributed by atoms with Crippen molar-refractivity contribution in [3.05, 3.63) is 64.5 Å². The molecule has 0 aromatic heterocycles. The maximum absolute atomic E-state index is 12.3. The fraction of sp³-hybridized carbons (Fsp3) is 0.118. The van der Waals surface area contributed by atoms with Crippen LogP contribution in [0, 0.1) is 0 Å². The van der Waals surface area contributed by atoms with Crippen LogP contribution in [-0.4, -0.2) is 20.1 Å². The number of rotatable bonds is 8. The predicted molar refractivity (Wildman–Crippen MR) is 104 cm³/mol. The largest absolute Gasteiger partial charge is 0.370 e. The summed E-state index contributed by atoms with van der Waals surface area (Å²) in [4.78, 5) is 11.6. The van der Waals surface area contributed by atoms with Crippen molar-refractivity contribution in [2.24, 2.45) is 5.73 Å². The molecular weight excluding hydrogens is 380 g/mol. The van der Waals surface area contributed by atoms with Gasteiger partial charge in [-0.05, 0) is 35.9 Å². The molecule has 132 valence electrons. The van der Waals surface area contributed by atoms with Gasteiger partial charge in [0, 0.05) is 22.1 Å². The van der Waals surface area contributed by atoms with Crippen molar-refractivity contribution in [1.82, 2.24) is 0 Å². The number of nitrogens with one attached hydrogen (secondary N) is 1. The zero-order valence-electron chi connectivity index (χ0n) is 13.2. The molecule has 8 heteroatoms. The molecule has 0 bridgehead atoms. The van der Waals surface area contributed by atoms with Crippen LogP contribution in [0.3, 0.4) is 0 Å². The van der Waals surface area contributed by atoms with Crippen LogP contribution in [0.4, 0.5) is 5.69 Å². The minimum Gasteiger partial charge on any atom is -0.370 e. The average molecular weight is 397 g/mol. The van der Waals surface area contributed by atoms with Gasteiger partial charge in [-0.15, -0.1) is 11.8 Å². The third kappa shape index (κ3) is 6.81. The smallest absolute Gasteiger partial charge is 0.255 e. The molecule has 2 aromatic carbocycles. The molecule has 0 saturated carbocycles. The van der Waals surface area contributed by atoms with Crippen molar-refractivity contribution in [3.8, 4) is 0 Å². The van der Waals surface area contributed by atoms with Crippen molar-refractivity contribution in [3.63, 3.8) is 0 Å². The summed E-state index contributed by atoms with van der Waals surface area (Å²) < 4.78 is 27.1. The van der Waals surface area contributed by atoms with E-state index in [1.807, 2.05) is 0 Å². The number of halogens is 1. The molecule has 0 saturated heterocycles. The summed E-state index contributed by atoms with van der Waals surface area (Å²) in [5, 5.41) is 1.68. The third-order valence-corrected chi connectivity index (χ3v) is 5.38. The molecule has 5 nitrogen and oxygen atoms in total. The molecule has 2 rings (SSSR count). The molecule has 2 aromatic rings. The molecule has 0 fully saturated rings. The second-order valence-corrected chi connectivity index (χ2v) is 8.20. The number of para-hydroxylation sites is 1. The lowest BCUT2D eigenvalue weighted by atomic mass is 10.2. The van der Waals surface area contributed by atoms with Gasteiger partial charge in [-0.2, -0.15) is 0 Å². The number of primary amides is 1. The van der Waals surface area contributed by atoms with Crippen molar-refractivity contribution in [1.29, 1.82) is 0 Å². The number of carbonyl (C=O) groups is 1. The molecule has 25 heavy (non-hydrogen) atoms. The molecule has 1 amide bonds. The van der Waals surface area contributed by atoms with E-state index >= 15 is 0 Å². The van der Waals surface area contributed by atoms with Gasteiger partial charge in [-0.25, -0.2) is 8.42 Å². The van der Waals surface area contributed by atoms with E-state index in [0.29, 0.717) is 16.5 Å². The second kappa shape index (κ2) is 8.94. The molecule has 0 aliphatic carbocycles. The molecule has 0 atom stereocenters. The van der Waals surface area contributed by atoms with Crippen LogP contribution in [0.1, 0.15) is 12.0 Å². The monoisotopic (exact) mass is 396 g/mol. The number of thioether (sulfide) groups is 1. The lowest BCUT2D eigenvalue weighted by Gasteiger charge is -2.10. The van der Waals surface area contributed by atoms with Gasteiger partial charge in [0.15, 0.2) is 0 Å². The van der Waals surface area contributed by atoms with E-state index in [-0.39, 0.29) is 6.42 Å². The summed E-state index contributed by atoms with van der Waals surface area (Å²) in [5.41, 5.74) is 6.30. The first kappa shape index (κ1) is 19.4. The lowest BCUT2D eigenvalue weighted by molar-refractivity contribution is -0.117. The first-order valence-corrected chi connectivity index (χ1v) is 10.2. The number of anilines is 1. The summed E-state index contributed by atoms with van der Waals surface area (Å²) in [6.45, 7) is 0. The summed E-state index contributed by atoms with van der Waals surface area (Å²) in [5.74, 6) is 0.0887. The maximum Gasteiger partial charge on any atom is 0.255 e. The Morgan fingerprint density at radius 2 is 1.84 bits per heavy atom. The number of nitrogens with two attached hydrogens (primary N) is 1. The zero-order valence-corrected chi connectivity index (χ0v) is 15.6. The van der Waals surface area contributed by atoms with Gasteiger partial charge in [0.1, 0.15) is 0 Å². The first-order valence-electron chi connectivity index (χ1n) is 7.32. The number of amides is 1. The normalized spacial score (nSPS) is 11.6. The number of benzene rings is 2. The van der Waals surface area contributed by atoms with Crippen LogP contribution in [0.5, 0.6) is 0 Å². The van der Waals surface area contributed by atoms with Crippen molar-refractivity contribution in [2.45, 2.75) is 11.3 Å². The fourth-order valence-corrected chi connectivity index (χ4v) is 3.92. The molecule has 0 radical (unpaired) electrons. The highest BCUT2D eigenvalue weighted by Crippen LogP contribution is 2.28. The fourth-order valence-electron chi connectivity index (χ4n) is 1.87. The third-order valence-electron chi connectivity index (χ3n) is 3.05. The number of hydrogen-bond donors (Lipinski definition) is 2. The Morgan fingerprint density at radius 3 is 2.52 bits per heavy atom. The molecule has 0 aliphatic heterocycles. The SMILES string of the molecule is NC(=O)CCSc1ccccc1NS(=O)(=O)/C=C/c1ccc(Cl)cc1. The quantitative estimate of drug-likeness (QED) is 0.665. The van der Waals surface area contributed by atoms with E-state index in [1.165, 1.54) is 17.8 Å². The molecule has 3 N–H and O–H groups in total. The Kier molecular flexibility index (Phi) is 6.92. The minimum absolute atomic E-state index is 0.224. The van der Waals surface area contributed by atoms with Crippen LogP contribution < -0.4 is 10.5 Å². The standard InChI is InChI=1S/C17H17ClN2O3S2/c18-14-7-5-13(6-8-14)10-12-25(22,23)20-15-3-1-2-4-16(15)24-11-9-17(19)21/h1-8,10,12,20H,9,11H2,(H2,19,21)/b12-10+. The average Bonchev–Trinajstić information content (AvgIpc) is 2.55. The van der Waals surface area contributed by atoms with Crippen molar-refractivity contribution >= 4 is 51.1 Å². The summed E-state index contributed by atoms with van der Waals surface area (Å²) in [7, 11) is -3.68. The van der Waals surface area contributed by atoms with E-state index in [0.717, 1.165) is 15.9 Å². The van der Waals surface area contributed by atoms with E-state index in [1.54, 1.807) is 48.5 Å². The molecule has 0 aliphatic rings. The van der Waals surface area contributed by atoms with Gasteiger partial charge in [-0.1, -0.05) is 35.9 Å². The molecule has 0 unspecified atom stereocenters. The summed E-state index contributed by atoms with van der Waals surface area (Å²) in [6, 6.07) is 13.8. The topological polar surface area (TPSA) is 89.3 Å². The highest BCUT2D eigenvalue weighted by atomic mass is 35.5. The van der Waals surface area contributed by atoms with Crippen LogP contribution in [0.2, 0.25) is 5.02 Å². The second-order valence-electron chi connectivity index (χ2n) is 5.06. The molecule has 0 heterocycles. The number of sulfonamides is 1. The summed E-state index contributed by atoms with van der Waals surface area (Å²) >= 11 is 7.17. The number of hydrogen-bond acceptors (Lipinski definition) is 4. The highest BCUT2D eigenvalue weighted by Gasteiger charge is 2.10. The lowest BCUT2D eigenvalue weighted by Crippen LogP contribution is -2.11. The van der Waals surface area contributed by atoms with Crippen LogP contribution in [-0.2, 0) is 14.8 Å². The minimum atomic E-state index is -3.68. The molecule has 0 spiro atoms. The van der Waals surface area contributed by atoms with Gasteiger partial charge in [0.05, 0.1) is 11.1 Å². The van der Waals surface area contributed by atoms with Crippen molar-refractivity contribution in [2.75, 3.05) is 10.5 Å². The first-order chi connectivity index (χ1) is 11.9. The van der Waals surface area contributed by atoms with Crippen molar-refractivity contribution < 1.29 is 13.2 Å². The van der Waals surface area contributed by atoms with E-state index in [4.69, 9.17) is 17.3 Å². The van der Waals surface area contributed by atoms with Crippen LogP contribution in [0.25, 0.3) is 6.08 Å². The summed E-state index contributed by atoms with van der Waals surface area (Å²) in [6.07, 6.45) is 1.71. The maximum atomic E-state index is 12.3. The van der Waals surface area contributed by atoms with Gasteiger partial charge < -0.3 is 5.73 Å². The molecular formula is C17H17ClN2O3S2. The van der Waals surface area contributed by atoms with E-state index < -0.39 is 15.9 Å². The number of carbonyl (C=O) groups excluding carboxylic acids is 1.